The Morgan fingerprint density at radius 1 is 1.11 bits per heavy atom. The van der Waals surface area contributed by atoms with Crippen molar-refractivity contribution in [3.63, 3.8) is 0 Å². The van der Waals surface area contributed by atoms with Crippen molar-refractivity contribution >= 4 is 16.9 Å². The number of H-pyrrole nitrogens is 1. The maximum Gasteiger partial charge on any atom is 0.251 e. The number of thiazole rings is 1. The largest absolute Gasteiger partial charge is 0.455 e. The minimum Gasteiger partial charge on any atom is -0.455 e. The summed E-state index contributed by atoms with van der Waals surface area (Å²) in [4.78, 5) is 24.2. The highest BCUT2D eigenvalue weighted by molar-refractivity contribution is 7.15. The van der Waals surface area contributed by atoms with Crippen molar-refractivity contribution in [1.29, 1.82) is 0 Å². The zero-order valence-electron chi connectivity index (χ0n) is 21.0. The van der Waals surface area contributed by atoms with Gasteiger partial charge in [0.25, 0.3) is 5.56 Å². The van der Waals surface area contributed by atoms with E-state index in [4.69, 9.17) is 4.74 Å². The van der Waals surface area contributed by atoms with Crippen LogP contribution < -0.4 is 10.3 Å². The molecule has 7 heteroatoms. The lowest BCUT2D eigenvalue weighted by molar-refractivity contribution is 0.438. The first-order valence-electron chi connectivity index (χ1n) is 11.8. The van der Waals surface area contributed by atoms with Crippen LogP contribution in [0.2, 0.25) is 0 Å². The number of para-hydroxylation sites is 1. The quantitative estimate of drug-likeness (QED) is 0.365. The Labute approximate surface area is 209 Å². The van der Waals surface area contributed by atoms with Crippen molar-refractivity contribution in [3.05, 3.63) is 92.2 Å². The zero-order valence-corrected chi connectivity index (χ0v) is 21.8. The van der Waals surface area contributed by atoms with Crippen LogP contribution in [0.25, 0.3) is 16.1 Å². The molecule has 0 amide bonds. The Morgan fingerprint density at radius 2 is 1.86 bits per heavy atom. The fourth-order valence-electron chi connectivity index (χ4n) is 4.44. The van der Waals surface area contributed by atoms with Crippen molar-refractivity contribution < 1.29 is 4.74 Å². The van der Waals surface area contributed by atoms with Crippen molar-refractivity contribution in [2.45, 2.75) is 40.2 Å². The van der Waals surface area contributed by atoms with Crippen LogP contribution in [-0.2, 0) is 13.6 Å². The molecule has 0 fully saturated rings. The van der Waals surface area contributed by atoms with Gasteiger partial charge in [-0.15, -0.1) is 11.3 Å². The Hall–Kier alpha value is -3.58. The van der Waals surface area contributed by atoms with Gasteiger partial charge in [-0.3, -0.25) is 4.79 Å². The molecule has 0 saturated carbocycles. The molecule has 0 aliphatic carbocycles. The lowest BCUT2D eigenvalue weighted by atomic mass is 9.96. The van der Waals surface area contributed by atoms with Crippen LogP contribution in [0, 0.1) is 13.8 Å². The number of nitrogens with zero attached hydrogens (tertiary/aromatic N) is 3. The Morgan fingerprint density at radius 3 is 2.54 bits per heavy atom. The van der Waals surface area contributed by atoms with Crippen molar-refractivity contribution in [1.82, 2.24) is 19.4 Å². The molecule has 180 valence electrons. The highest BCUT2D eigenvalue weighted by atomic mass is 32.1. The van der Waals surface area contributed by atoms with Gasteiger partial charge in [0.1, 0.15) is 5.75 Å². The average molecular weight is 487 g/mol. The molecule has 0 unspecified atom stereocenters. The average Bonchev–Trinajstić information content (AvgIpc) is 3.45. The van der Waals surface area contributed by atoms with E-state index in [9.17, 15) is 4.79 Å². The van der Waals surface area contributed by atoms with Crippen LogP contribution in [0.15, 0.2) is 53.7 Å². The van der Waals surface area contributed by atoms with E-state index < -0.39 is 0 Å². The van der Waals surface area contributed by atoms with E-state index in [1.54, 1.807) is 35.2 Å². The predicted octanol–water partition coefficient (Wildman–Crippen LogP) is 6.20. The van der Waals surface area contributed by atoms with Gasteiger partial charge in [0, 0.05) is 60.9 Å². The van der Waals surface area contributed by atoms with E-state index in [1.807, 2.05) is 45.3 Å². The van der Waals surface area contributed by atoms with E-state index in [-0.39, 0.29) is 5.56 Å². The number of rotatable bonds is 5. The standard InChI is InChI=1S/C28H30N4O2S/c1-16(2)28-29-12-25(35-28)22-10-19-21(13-31(5)14-23(19)30-22)20-11-26(33)32(6)15-24(20)34-27-17(3)8-7-9-18(27)4/h7-13,15-16,30H,14H2,1-6H3. The fraction of sp³-hybridized carbons (Fsp3) is 0.286. The monoisotopic (exact) mass is 486 g/mol. The first-order valence-corrected chi connectivity index (χ1v) is 12.6. The third kappa shape index (κ3) is 4.32. The minimum absolute atomic E-state index is 0.0793. The van der Waals surface area contributed by atoms with Gasteiger partial charge >= 0.3 is 0 Å². The molecule has 1 aromatic carbocycles. The van der Waals surface area contributed by atoms with Crippen LogP contribution in [-0.4, -0.2) is 26.5 Å². The Bertz CT molecular complexity index is 1490. The third-order valence-corrected chi connectivity index (χ3v) is 7.66. The second kappa shape index (κ2) is 8.89. The van der Waals surface area contributed by atoms with Gasteiger partial charge in [0.05, 0.1) is 28.3 Å². The molecule has 0 saturated heterocycles. The summed E-state index contributed by atoms with van der Waals surface area (Å²) in [6.45, 7) is 9.15. The normalized spacial score (nSPS) is 13.2. The number of benzene rings is 1. The van der Waals surface area contributed by atoms with Crippen molar-refractivity contribution in [2.24, 2.45) is 7.05 Å². The molecule has 3 aromatic heterocycles. The van der Waals surface area contributed by atoms with E-state index in [2.05, 4.69) is 41.0 Å². The molecule has 0 radical (unpaired) electrons. The SMILES string of the molecule is Cc1cccc(C)c1Oc1cn(C)c(=O)cc1C1=CN(C)Cc2[nH]c(-c3cnc(C(C)C)s3)cc21. The van der Waals surface area contributed by atoms with Gasteiger partial charge in [-0.1, -0.05) is 32.0 Å². The summed E-state index contributed by atoms with van der Waals surface area (Å²) < 4.78 is 8.06. The second-order valence-electron chi connectivity index (χ2n) is 9.57. The summed E-state index contributed by atoms with van der Waals surface area (Å²) in [7, 11) is 3.79. The molecule has 35 heavy (non-hydrogen) atoms. The van der Waals surface area contributed by atoms with Crippen LogP contribution in [0.1, 0.15) is 52.7 Å². The van der Waals surface area contributed by atoms with Gasteiger partial charge in [0.2, 0.25) is 0 Å². The topological polar surface area (TPSA) is 63.1 Å². The number of hydrogen-bond acceptors (Lipinski definition) is 5. The van der Waals surface area contributed by atoms with Crippen LogP contribution in [0.3, 0.4) is 0 Å². The Balaban J connectivity index is 1.63. The van der Waals surface area contributed by atoms with E-state index >= 15 is 0 Å². The molecule has 1 aliphatic heterocycles. The second-order valence-corrected chi connectivity index (χ2v) is 10.6. The van der Waals surface area contributed by atoms with Gasteiger partial charge in [-0.05, 0) is 31.0 Å². The van der Waals surface area contributed by atoms with Gasteiger partial charge in [-0.2, -0.15) is 0 Å². The lowest BCUT2D eigenvalue weighted by Crippen LogP contribution is -2.20. The molecule has 0 bridgehead atoms. The van der Waals surface area contributed by atoms with E-state index in [1.165, 1.54) is 0 Å². The number of nitrogens with one attached hydrogen (secondary N) is 1. The highest BCUT2D eigenvalue weighted by Crippen LogP contribution is 2.40. The number of pyridine rings is 1. The number of aryl methyl sites for hydroxylation is 3. The highest BCUT2D eigenvalue weighted by Gasteiger charge is 2.24. The number of aromatic amines is 1. The lowest BCUT2D eigenvalue weighted by Gasteiger charge is -2.25. The summed E-state index contributed by atoms with van der Waals surface area (Å²) in [5.41, 5.74) is 7.00. The first kappa shape index (κ1) is 23.2. The molecule has 1 N–H and O–H groups in total. The molecule has 0 atom stereocenters. The van der Waals surface area contributed by atoms with Crippen LogP contribution in [0.4, 0.5) is 0 Å². The van der Waals surface area contributed by atoms with Crippen LogP contribution >= 0.6 is 11.3 Å². The van der Waals surface area contributed by atoms with Crippen molar-refractivity contribution in [2.75, 3.05) is 7.05 Å². The van der Waals surface area contributed by atoms with Gasteiger partial charge < -0.3 is 19.2 Å². The van der Waals surface area contributed by atoms with Gasteiger partial charge in [0.15, 0.2) is 5.75 Å². The zero-order chi connectivity index (χ0) is 24.9. The third-order valence-electron chi connectivity index (χ3n) is 6.33. The molecule has 1 aliphatic rings. The molecular formula is C28H30N4O2S. The Kier molecular flexibility index (Phi) is 5.89. The number of aromatic nitrogens is 3. The molecule has 5 rings (SSSR count). The summed E-state index contributed by atoms with van der Waals surface area (Å²) in [6.07, 6.45) is 5.82. The summed E-state index contributed by atoms with van der Waals surface area (Å²) >= 11 is 1.71. The number of fused-ring (bicyclic) bond motifs is 1. The summed E-state index contributed by atoms with van der Waals surface area (Å²) in [5, 5.41) is 1.12. The number of ether oxygens (including phenoxy) is 1. The summed E-state index contributed by atoms with van der Waals surface area (Å²) in [6, 6.07) is 9.94. The first-order chi connectivity index (χ1) is 16.7. The fourth-order valence-corrected chi connectivity index (χ4v) is 5.33. The van der Waals surface area contributed by atoms with Gasteiger partial charge in [-0.25, -0.2) is 4.98 Å². The summed E-state index contributed by atoms with van der Waals surface area (Å²) in [5.74, 6) is 1.86. The minimum atomic E-state index is -0.0793. The predicted molar refractivity (Wildman–Crippen MR) is 142 cm³/mol. The molecule has 4 aromatic rings. The molecule has 0 spiro atoms. The van der Waals surface area contributed by atoms with Crippen LogP contribution in [0.5, 0.6) is 11.5 Å². The van der Waals surface area contributed by atoms with Crippen molar-refractivity contribution in [3.8, 4) is 22.1 Å². The smallest absolute Gasteiger partial charge is 0.251 e. The molecular weight excluding hydrogens is 456 g/mol. The molecule has 6 nitrogen and oxygen atoms in total. The van der Waals surface area contributed by atoms with E-state index in [0.29, 0.717) is 11.7 Å². The van der Waals surface area contributed by atoms with E-state index in [0.717, 1.165) is 61.4 Å². The number of hydrogen-bond donors (Lipinski definition) is 1. The maximum atomic E-state index is 12.8. The molecule has 4 heterocycles. The maximum absolute atomic E-state index is 12.8.